The molecule has 1 fully saturated rings. The van der Waals surface area contributed by atoms with Gasteiger partial charge in [-0.2, -0.15) is 0 Å². The van der Waals surface area contributed by atoms with Gasteiger partial charge in [0.15, 0.2) is 11.5 Å². The second-order valence-electron chi connectivity index (χ2n) is 9.24. The minimum atomic E-state index is -0.883. The first-order valence-electron chi connectivity index (χ1n) is 12.1. The van der Waals surface area contributed by atoms with Gasteiger partial charge in [-0.25, -0.2) is 0 Å². The van der Waals surface area contributed by atoms with Crippen LogP contribution in [-0.4, -0.2) is 50.0 Å². The molecule has 2 amide bonds. The molecular formula is C29H27N3O6. The summed E-state index contributed by atoms with van der Waals surface area (Å²) >= 11 is 0. The Morgan fingerprint density at radius 3 is 2.24 bits per heavy atom. The van der Waals surface area contributed by atoms with Crippen molar-refractivity contribution in [1.29, 1.82) is 0 Å². The minimum absolute atomic E-state index is 0.0322. The van der Waals surface area contributed by atoms with Gasteiger partial charge < -0.3 is 24.8 Å². The minimum Gasteiger partial charge on any atom is -0.507 e. The molecule has 38 heavy (non-hydrogen) atoms. The summed E-state index contributed by atoms with van der Waals surface area (Å²) in [5.74, 6) is -1.10. The van der Waals surface area contributed by atoms with E-state index >= 15 is 0 Å². The molecule has 2 heterocycles. The van der Waals surface area contributed by atoms with Crippen molar-refractivity contribution in [3.05, 3.63) is 83.4 Å². The van der Waals surface area contributed by atoms with E-state index in [1.807, 2.05) is 43.3 Å². The number of nitrogens with zero attached hydrogens (tertiary/aromatic N) is 2. The number of aliphatic hydroxyl groups is 1. The van der Waals surface area contributed by atoms with Crippen LogP contribution in [0.5, 0.6) is 11.5 Å². The van der Waals surface area contributed by atoms with Gasteiger partial charge in [-0.3, -0.25) is 19.3 Å². The summed E-state index contributed by atoms with van der Waals surface area (Å²) in [6.45, 7) is 2.20. The lowest BCUT2D eigenvalue weighted by Gasteiger charge is -2.26. The normalized spacial score (nSPS) is 17.9. The summed E-state index contributed by atoms with van der Waals surface area (Å²) < 4.78 is 11.2. The molecule has 2 aliphatic heterocycles. The maximum absolute atomic E-state index is 13.4. The average molecular weight is 514 g/mol. The summed E-state index contributed by atoms with van der Waals surface area (Å²) in [6.07, 6.45) is 0. The number of hydrogen-bond donors (Lipinski definition) is 2. The van der Waals surface area contributed by atoms with Gasteiger partial charge in [0.25, 0.3) is 11.7 Å². The molecule has 0 radical (unpaired) electrons. The zero-order valence-corrected chi connectivity index (χ0v) is 21.2. The number of anilines is 3. The number of Topliss-reactive ketones (excluding diaryl/α,β-unsaturated/α-hetero) is 1. The second kappa shape index (κ2) is 9.93. The lowest BCUT2D eigenvalue weighted by Crippen LogP contribution is -2.29. The molecule has 5 rings (SSSR count). The Morgan fingerprint density at radius 2 is 1.61 bits per heavy atom. The summed E-state index contributed by atoms with van der Waals surface area (Å²) in [5, 5.41) is 14.1. The van der Waals surface area contributed by atoms with Crippen LogP contribution < -0.4 is 24.6 Å². The zero-order chi connectivity index (χ0) is 27.0. The van der Waals surface area contributed by atoms with Gasteiger partial charge in [0, 0.05) is 43.6 Å². The number of aliphatic hydroxyl groups excluding tert-OH is 1. The highest BCUT2D eigenvalue weighted by molar-refractivity contribution is 6.51. The predicted octanol–water partition coefficient (Wildman–Crippen LogP) is 4.11. The van der Waals surface area contributed by atoms with Crippen LogP contribution in [0.25, 0.3) is 5.76 Å². The lowest BCUT2D eigenvalue weighted by atomic mass is 9.94. The number of fused-ring (bicyclic) bond motifs is 1. The molecule has 2 aliphatic rings. The van der Waals surface area contributed by atoms with E-state index in [1.165, 1.54) is 11.8 Å². The number of ether oxygens (including phenoxy) is 2. The summed E-state index contributed by atoms with van der Waals surface area (Å²) in [4.78, 5) is 41.6. The number of amides is 2. The fourth-order valence-electron chi connectivity index (χ4n) is 4.62. The fraction of sp³-hybridized carbons (Fsp3) is 0.207. The molecule has 9 heteroatoms. The van der Waals surface area contributed by atoms with Crippen molar-refractivity contribution < 1.29 is 29.0 Å². The highest BCUT2D eigenvalue weighted by atomic mass is 16.6. The standard InChI is InChI=1S/C29H27N3O6/c1-17(33)30-20-7-11-22(12-8-20)32-26(18-4-9-21(10-5-18)31(2)3)25(28(35)29(32)36)27(34)19-6-13-23-24(16-19)38-15-14-37-23/h4-13,16,26,34H,14-15H2,1-3H3,(H,30,33)/b27-25-. The number of benzene rings is 3. The third-order valence-corrected chi connectivity index (χ3v) is 6.45. The first kappa shape index (κ1) is 24.9. The Labute approximate surface area is 219 Å². The SMILES string of the molecule is CC(=O)Nc1ccc(N2C(=O)C(=O)/C(=C(\O)c3ccc4c(c3)OCCO4)C2c2ccc(N(C)C)cc2)cc1. The molecule has 0 spiro atoms. The van der Waals surface area contributed by atoms with E-state index in [0.717, 1.165) is 5.69 Å². The molecular weight excluding hydrogens is 486 g/mol. The molecule has 0 bridgehead atoms. The van der Waals surface area contributed by atoms with Crippen molar-refractivity contribution in [1.82, 2.24) is 0 Å². The third kappa shape index (κ3) is 4.54. The summed E-state index contributed by atoms with van der Waals surface area (Å²) in [5.41, 5.74) is 2.90. The van der Waals surface area contributed by atoms with E-state index in [-0.39, 0.29) is 17.2 Å². The first-order valence-corrected chi connectivity index (χ1v) is 12.1. The van der Waals surface area contributed by atoms with E-state index in [2.05, 4.69) is 5.32 Å². The van der Waals surface area contributed by atoms with Gasteiger partial charge >= 0.3 is 0 Å². The Balaban J connectivity index is 1.64. The van der Waals surface area contributed by atoms with Gasteiger partial charge in [0.1, 0.15) is 19.0 Å². The smallest absolute Gasteiger partial charge is 0.300 e. The number of rotatable bonds is 5. The van der Waals surface area contributed by atoms with Crippen LogP contribution in [0.3, 0.4) is 0 Å². The highest BCUT2D eigenvalue weighted by Gasteiger charge is 2.47. The van der Waals surface area contributed by atoms with Crippen molar-refractivity contribution in [2.75, 3.05) is 42.4 Å². The number of nitrogens with one attached hydrogen (secondary N) is 1. The van der Waals surface area contributed by atoms with Crippen molar-refractivity contribution in [2.24, 2.45) is 0 Å². The van der Waals surface area contributed by atoms with Gasteiger partial charge in [0.05, 0.1) is 11.6 Å². The first-order chi connectivity index (χ1) is 18.2. The van der Waals surface area contributed by atoms with E-state index in [0.29, 0.717) is 47.2 Å². The molecule has 0 aromatic heterocycles. The van der Waals surface area contributed by atoms with Gasteiger partial charge in [-0.05, 0) is 60.2 Å². The topological polar surface area (TPSA) is 108 Å². The molecule has 0 saturated carbocycles. The van der Waals surface area contributed by atoms with E-state index in [9.17, 15) is 19.5 Å². The molecule has 2 N–H and O–H groups in total. The molecule has 3 aromatic carbocycles. The molecule has 3 aromatic rings. The number of hydrogen-bond acceptors (Lipinski definition) is 7. The molecule has 0 aliphatic carbocycles. The Morgan fingerprint density at radius 1 is 0.947 bits per heavy atom. The summed E-state index contributed by atoms with van der Waals surface area (Å²) in [7, 11) is 3.83. The maximum Gasteiger partial charge on any atom is 0.300 e. The van der Waals surface area contributed by atoms with Crippen LogP contribution in [0, 0.1) is 0 Å². The Kier molecular flexibility index (Phi) is 6.50. The average Bonchev–Trinajstić information content (AvgIpc) is 3.18. The van der Waals surface area contributed by atoms with Crippen LogP contribution in [0.15, 0.2) is 72.3 Å². The van der Waals surface area contributed by atoms with Crippen LogP contribution in [0.1, 0.15) is 24.1 Å². The number of carbonyl (C=O) groups is 3. The Hall–Kier alpha value is -4.79. The molecule has 1 unspecified atom stereocenters. The fourth-order valence-corrected chi connectivity index (χ4v) is 4.62. The maximum atomic E-state index is 13.4. The highest BCUT2D eigenvalue weighted by Crippen LogP contribution is 2.43. The van der Waals surface area contributed by atoms with Crippen molar-refractivity contribution >= 4 is 40.4 Å². The van der Waals surface area contributed by atoms with Crippen LogP contribution in [0.2, 0.25) is 0 Å². The van der Waals surface area contributed by atoms with Gasteiger partial charge in [-0.15, -0.1) is 0 Å². The second-order valence-corrected chi connectivity index (χ2v) is 9.24. The number of ketones is 1. The quantitative estimate of drug-likeness (QED) is 0.300. The van der Waals surface area contributed by atoms with Crippen LogP contribution in [-0.2, 0) is 14.4 Å². The van der Waals surface area contributed by atoms with Crippen molar-refractivity contribution in [3.8, 4) is 11.5 Å². The van der Waals surface area contributed by atoms with E-state index < -0.39 is 17.7 Å². The molecule has 9 nitrogen and oxygen atoms in total. The molecule has 194 valence electrons. The number of carbonyl (C=O) groups excluding carboxylic acids is 3. The van der Waals surface area contributed by atoms with Crippen LogP contribution in [0.4, 0.5) is 17.1 Å². The van der Waals surface area contributed by atoms with Crippen LogP contribution >= 0.6 is 0 Å². The van der Waals surface area contributed by atoms with Gasteiger partial charge in [-0.1, -0.05) is 12.1 Å². The zero-order valence-electron chi connectivity index (χ0n) is 21.2. The van der Waals surface area contributed by atoms with Crippen molar-refractivity contribution in [3.63, 3.8) is 0 Å². The molecule has 1 saturated heterocycles. The lowest BCUT2D eigenvalue weighted by molar-refractivity contribution is -0.132. The molecule has 1 atom stereocenters. The van der Waals surface area contributed by atoms with E-state index in [4.69, 9.17) is 9.47 Å². The van der Waals surface area contributed by atoms with Gasteiger partial charge in [0.2, 0.25) is 5.91 Å². The predicted molar refractivity (Wildman–Crippen MR) is 144 cm³/mol. The monoisotopic (exact) mass is 513 g/mol. The third-order valence-electron chi connectivity index (χ3n) is 6.45. The Bertz CT molecular complexity index is 1440. The largest absolute Gasteiger partial charge is 0.507 e. The van der Waals surface area contributed by atoms with Crippen molar-refractivity contribution in [2.45, 2.75) is 13.0 Å². The summed E-state index contributed by atoms with van der Waals surface area (Å²) in [6, 6.07) is 18.1. The van der Waals surface area contributed by atoms with E-state index in [1.54, 1.807) is 42.5 Å².